The highest BCUT2D eigenvalue weighted by Crippen LogP contribution is 2.38. The smallest absolute Gasteiger partial charge is 0.123 e. The van der Waals surface area contributed by atoms with Gasteiger partial charge in [0.25, 0.3) is 0 Å². The lowest BCUT2D eigenvalue weighted by molar-refractivity contribution is 0.256. The summed E-state index contributed by atoms with van der Waals surface area (Å²) in [5, 5.41) is 13.6. The zero-order valence-electron chi connectivity index (χ0n) is 13.4. The fourth-order valence-electron chi connectivity index (χ4n) is 3.00. The topological polar surface area (TPSA) is 45.1 Å². The number of aliphatic hydroxyl groups excluding tert-OH is 1. The second kappa shape index (κ2) is 7.51. The molecule has 1 aromatic heterocycles. The molecular formula is C18H23FN2OS. The molecule has 1 aliphatic carbocycles. The summed E-state index contributed by atoms with van der Waals surface area (Å²) in [6.07, 6.45) is 4.13. The van der Waals surface area contributed by atoms with Crippen molar-refractivity contribution in [2.45, 2.75) is 38.6 Å². The number of halogens is 1. The van der Waals surface area contributed by atoms with Crippen LogP contribution in [0.3, 0.4) is 0 Å². The first-order chi connectivity index (χ1) is 11.2. The number of aliphatic hydroxyl groups is 1. The first-order valence-electron chi connectivity index (χ1n) is 8.27. The minimum atomic E-state index is -0.215. The van der Waals surface area contributed by atoms with Crippen molar-refractivity contribution < 1.29 is 9.50 Å². The summed E-state index contributed by atoms with van der Waals surface area (Å²) in [6.45, 7) is 3.31. The molecule has 0 radical (unpaired) electrons. The van der Waals surface area contributed by atoms with Gasteiger partial charge >= 0.3 is 0 Å². The molecule has 2 atom stereocenters. The monoisotopic (exact) mass is 334 g/mol. The Labute approximate surface area is 140 Å². The Morgan fingerprint density at radius 1 is 1.39 bits per heavy atom. The van der Waals surface area contributed by atoms with Gasteiger partial charge in [-0.1, -0.05) is 6.92 Å². The molecule has 0 saturated heterocycles. The zero-order valence-corrected chi connectivity index (χ0v) is 14.2. The van der Waals surface area contributed by atoms with Crippen molar-refractivity contribution in [1.29, 1.82) is 0 Å². The summed E-state index contributed by atoms with van der Waals surface area (Å²) in [7, 11) is 0. The fraction of sp³-hybridized carbons (Fsp3) is 0.500. The third-order valence-corrected chi connectivity index (χ3v) is 5.64. The lowest BCUT2D eigenvalue weighted by atomic mass is 9.97. The van der Waals surface area contributed by atoms with Crippen LogP contribution >= 0.6 is 11.3 Å². The Morgan fingerprint density at radius 2 is 2.17 bits per heavy atom. The maximum atomic E-state index is 13.1. The van der Waals surface area contributed by atoms with Gasteiger partial charge in [0, 0.05) is 23.1 Å². The Hall–Kier alpha value is -1.30. The van der Waals surface area contributed by atoms with Crippen LogP contribution in [-0.4, -0.2) is 23.2 Å². The molecule has 2 N–H and O–H groups in total. The molecule has 1 aromatic carbocycles. The van der Waals surface area contributed by atoms with Gasteiger partial charge in [-0.3, -0.25) is 0 Å². The quantitative estimate of drug-likeness (QED) is 0.841. The van der Waals surface area contributed by atoms with Crippen molar-refractivity contribution in [3.05, 3.63) is 40.7 Å². The van der Waals surface area contributed by atoms with Gasteiger partial charge in [0.05, 0.1) is 5.69 Å². The predicted octanol–water partition coefficient (Wildman–Crippen LogP) is 3.93. The van der Waals surface area contributed by atoms with Gasteiger partial charge in [0.15, 0.2) is 0 Å². The highest BCUT2D eigenvalue weighted by molar-refractivity contribution is 7.15. The standard InChI is InChI=1S/C18H23FN2OS/c1-12(9-10-22)11-20-15-3-2-4-16-17(15)23-18(21-16)13-5-7-14(19)8-6-13/h5-8,12,15,20,22H,2-4,9-11H2,1H3. The number of nitrogens with zero attached hydrogens (tertiary/aromatic N) is 1. The van der Waals surface area contributed by atoms with E-state index < -0.39 is 0 Å². The third-order valence-electron chi connectivity index (χ3n) is 4.38. The summed E-state index contributed by atoms with van der Waals surface area (Å²) in [6, 6.07) is 6.92. The van der Waals surface area contributed by atoms with Gasteiger partial charge in [-0.15, -0.1) is 11.3 Å². The van der Waals surface area contributed by atoms with E-state index in [2.05, 4.69) is 12.2 Å². The third kappa shape index (κ3) is 3.97. The Morgan fingerprint density at radius 3 is 2.91 bits per heavy atom. The summed E-state index contributed by atoms with van der Waals surface area (Å²) in [5.74, 6) is 0.252. The highest BCUT2D eigenvalue weighted by atomic mass is 32.1. The van der Waals surface area contributed by atoms with Crippen molar-refractivity contribution in [3.8, 4) is 10.6 Å². The van der Waals surface area contributed by atoms with Crippen LogP contribution in [0.2, 0.25) is 0 Å². The van der Waals surface area contributed by atoms with Crippen LogP contribution in [0.5, 0.6) is 0 Å². The van der Waals surface area contributed by atoms with Gasteiger partial charge < -0.3 is 10.4 Å². The number of nitrogens with one attached hydrogen (secondary N) is 1. The molecule has 0 spiro atoms. The fourth-order valence-corrected chi connectivity index (χ4v) is 4.22. The first-order valence-corrected chi connectivity index (χ1v) is 9.09. The highest BCUT2D eigenvalue weighted by Gasteiger charge is 2.25. The molecule has 1 heterocycles. The summed E-state index contributed by atoms with van der Waals surface area (Å²) in [4.78, 5) is 6.11. The second-order valence-corrected chi connectivity index (χ2v) is 7.34. The number of hydrogen-bond acceptors (Lipinski definition) is 4. The van der Waals surface area contributed by atoms with Crippen LogP contribution < -0.4 is 5.32 Å². The van der Waals surface area contributed by atoms with Gasteiger partial charge in [0.2, 0.25) is 0 Å². The molecule has 1 aliphatic rings. The molecule has 124 valence electrons. The molecule has 2 aromatic rings. The summed E-state index contributed by atoms with van der Waals surface area (Å²) < 4.78 is 13.1. The lowest BCUT2D eigenvalue weighted by Crippen LogP contribution is -2.28. The van der Waals surface area contributed by atoms with E-state index in [9.17, 15) is 4.39 Å². The van der Waals surface area contributed by atoms with Crippen molar-refractivity contribution in [1.82, 2.24) is 10.3 Å². The van der Waals surface area contributed by atoms with E-state index in [1.807, 2.05) is 0 Å². The van der Waals surface area contributed by atoms with Crippen LogP contribution in [0, 0.1) is 11.7 Å². The van der Waals surface area contributed by atoms with Crippen LogP contribution in [0.1, 0.15) is 42.8 Å². The van der Waals surface area contributed by atoms with E-state index in [-0.39, 0.29) is 12.4 Å². The number of aryl methyl sites for hydroxylation is 1. The first kappa shape index (κ1) is 16.6. The second-order valence-electron chi connectivity index (χ2n) is 6.31. The van der Waals surface area contributed by atoms with E-state index in [0.717, 1.165) is 42.8 Å². The zero-order chi connectivity index (χ0) is 16.2. The Balaban J connectivity index is 1.75. The van der Waals surface area contributed by atoms with Gasteiger partial charge in [-0.2, -0.15) is 0 Å². The molecule has 2 unspecified atom stereocenters. The minimum Gasteiger partial charge on any atom is -0.396 e. The van der Waals surface area contributed by atoms with E-state index in [1.165, 1.54) is 22.7 Å². The van der Waals surface area contributed by atoms with E-state index in [0.29, 0.717) is 12.0 Å². The van der Waals surface area contributed by atoms with E-state index >= 15 is 0 Å². The van der Waals surface area contributed by atoms with E-state index in [1.54, 1.807) is 23.5 Å². The SMILES string of the molecule is CC(CCO)CNC1CCCc2nc(-c3ccc(F)cc3)sc21. The average Bonchev–Trinajstić information content (AvgIpc) is 2.98. The molecule has 0 bridgehead atoms. The van der Waals surface area contributed by atoms with Gasteiger partial charge in [0.1, 0.15) is 10.8 Å². The van der Waals surface area contributed by atoms with Crippen molar-refractivity contribution in [2.75, 3.05) is 13.2 Å². The molecule has 3 rings (SSSR count). The maximum absolute atomic E-state index is 13.1. The Bertz CT molecular complexity index is 641. The van der Waals surface area contributed by atoms with Crippen LogP contribution in [0.4, 0.5) is 4.39 Å². The van der Waals surface area contributed by atoms with E-state index in [4.69, 9.17) is 10.1 Å². The Kier molecular flexibility index (Phi) is 5.41. The van der Waals surface area contributed by atoms with Crippen LogP contribution in [0.15, 0.2) is 24.3 Å². The molecule has 5 heteroatoms. The number of benzene rings is 1. The van der Waals surface area contributed by atoms with Gasteiger partial charge in [-0.05, 0) is 62.4 Å². The molecule has 0 aliphatic heterocycles. The lowest BCUT2D eigenvalue weighted by Gasteiger charge is -2.24. The average molecular weight is 334 g/mol. The number of fused-ring (bicyclic) bond motifs is 1. The number of aromatic nitrogens is 1. The normalized spacial score (nSPS) is 18.7. The molecule has 0 saturated carbocycles. The molecular weight excluding hydrogens is 311 g/mol. The molecule has 0 fully saturated rings. The minimum absolute atomic E-state index is 0.215. The summed E-state index contributed by atoms with van der Waals surface area (Å²) >= 11 is 1.72. The van der Waals surface area contributed by atoms with Crippen molar-refractivity contribution in [3.63, 3.8) is 0 Å². The largest absolute Gasteiger partial charge is 0.396 e. The molecule has 3 nitrogen and oxygen atoms in total. The number of hydrogen-bond donors (Lipinski definition) is 2. The van der Waals surface area contributed by atoms with Gasteiger partial charge in [-0.25, -0.2) is 9.37 Å². The molecule has 23 heavy (non-hydrogen) atoms. The van der Waals surface area contributed by atoms with Crippen LogP contribution in [0.25, 0.3) is 10.6 Å². The number of thiazole rings is 1. The van der Waals surface area contributed by atoms with Crippen LogP contribution in [-0.2, 0) is 6.42 Å². The molecule has 0 amide bonds. The summed E-state index contributed by atoms with van der Waals surface area (Å²) in [5.41, 5.74) is 2.17. The predicted molar refractivity (Wildman–Crippen MR) is 92.1 cm³/mol. The van der Waals surface area contributed by atoms with Crippen molar-refractivity contribution in [2.24, 2.45) is 5.92 Å². The number of rotatable bonds is 6. The van der Waals surface area contributed by atoms with Crippen molar-refractivity contribution >= 4 is 11.3 Å². The maximum Gasteiger partial charge on any atom is 0.123 e.